The topological polar surface area (TPSA) is 68.0 Å². The number of Topliss-reactive ketones (excluding diaryl/α,β-unsaturated/α-hetero) is 1. The lowest BCUT2D eigenvalue weighted by Crippen LogP contribution is -3.10. The summed E-state index contributed by atoms with van der Waals surface area (Å²) >= 11 is 0. The monoisotopic (exact) mass is 448 g/mol. The van der Waals surface area contributed by atoms with E-state index in [1.54, 1.807) is 19.3 Å². The van der Waals surface area contributed by atoms with Crippen LogP contribution in [0.4, 0.5) is 0 Å². The molecule has 0 fully saturated rings. The fourth-order valence-corrected chi connectivity index (χ4v) is 4.66. The van der Waals surface area contributed by atoms with Crippen LogP contribution in [-0.2, 0) is 13.1 Å². The molecule has 0 amide bonds. The van der Waals surface area contributed by atoms with Gasteiger partial charge in [-0.3, -0.25) is 4.79 Å². The van der Waals surface area contributed by atoms with Gasteiger partial charge in [0.2, 0.25) is 5.78 Å². The number of hydrogen-bond donors (Lipinski definition) is 1. The minimum absolute atomic E-state index is 0.0696. The number of aromatic nitrogens is 1. The first kappa shape index (κ1) is 22.9. The fourth-order valence-electron chi connectivity index (χ4n) is 4.66. The summed E-state index contributed by atoms with van der Waals surface area (Å²) in [7, 11) is 1.64. The Morgan fingerprint density at radius 1 is 1.12 bits per heavy atom. The molecular formula is C27H32N2O4. The zero-order chi connectivity index (χ0) is 23.5. The molecule has 0 unspecified atom stereocenters. The second-order valence-corrected chi connectivity index (χ2v) is 8.54. The first-order valence-electron chi connectivity index (χ1n) is 11.8. The van der Waals surface area contributed by atoms with Gasteiger partial charge in [0.25, 0.3) is 0 Å². The predicted molar refractivity (Wildman–Crippen MR) is 128 cm³/mol. The van der Waals surface area contributed by atoms with Gasteiger partial charge < -0.3 is 24.0 Å². The van der Waals surface area contributed by atoms with E-state index in [0.29, 0.717) is 23.4 Å². The standard InChI is InChI=1S/C27H32N2O4/c1-5-12-28(13-6-2)17-22-24(30)11-9-20-26(31)25(33-27(20)22)14-18-16-29(7-3)23-10-8-19(32-4)15-21(18)23/h8-11,14-16,30H,5-7,12-13,17H2,1-4H3. The number of aryl methyl sites for hydroxylation is 1. The van der Waals surface area contributed by atoms with Crippen LogP contribution in [0.3, 0.4) is 0 Å². The molecule has 4 rings (SSSR count). The van der Waals surface area contributed by atoms with E-state index in [2.05, 4.69) is 25.3 Å². The number of benzene rings is 2. The molecule has 6 heteroatoms. The quantitative estimate of drug-likeness (QED) is 0.508. The number of quaternary nitrogens is 1. The molecule has 33 heavy (non-hydrogen) atoms. The van der Waals surface area contributed by atoms with E-state index in [4.69, 9.17) is 9.47 Å². The second-order valence-electron chi connectivity index (χ2n) is 8.54. The zero-order valence-corrected chi connectivity index (χ0v) is 19.9. The van der Waals surface area contributed by atoms with E-state index in [1.807, 2.05) is 24.4 Å². The number of methoxy groups -OCH3 is 1. The lowest BCUT2D eigenvalue weighted by Gasteiger charge is -2.23. The van der Waals surface area contributed by atoms with Crippen LogP contribution >= 0.6 is 0 Å². The third-order valence-electron chi connectivity index (χ3n) is 6.28. The Labute approximate surface area is 195 Å². The Morgan fingerprint density at radius 2 is 1.88 bits per heavy atom. The number of hydrogen-bond acceptors (Lipinski definition) is 4. The van der Waals surface area contributed by atoms with E-state index in [1.165, 1.54) is 11.0 Å². The number of allylic oxidation sites excluding steroid dienone is 1. The summed E-state index contributed by atoms with van der Waals surface area (Å²) in [6.07, 6.45) is 5.88. The zero-order valence-electron chi connectivity index (χ0n) is 19.9. The SMILES string of the molecule is CCC[NH+](CCC)Cc1c([O-])ccc2c1OC(=Cc1cn(CC)c3ccc(OC)cc13)C2=O. The average Bonchev–Trinajstić information content (AvgIpc) is 3.33. The van der Waals surface area contributed by atoms with Crippen molar-refractivity contribution in [2.75, 3.05) is 20.2 Å². The van der Waals surface area contributed by atoms with Crippen molar-refractivity contribution in [1.82, 2.24) is 4.57 Å². The maximum atomic E-state index is 13.2. The normalized spacial score (nSPS) is 14.3. The minimum atomic E-state index is -0.181. The molecule has 0 radical (unpaired) electrons. The molecule has 1 aliphatic heterocycles. The van der Waals surface area contributed by atoms with Crippen molar-refractivity contribution in [2.45, 2.75) is 46.7 Å². The van der Waals surface area contributed by atoms with E-state index >= 15 is 0 Å². The Bertz CT molecular complexity index is 1200. The lowest BCUT2D eigenvalue weighted by molar-refractivity contribution is -0.914. The highest BCUT2D eigenvalue weighted by atomic mass is 16.5. The average molecular weight is 449 g/mol. The number of ketones is 1. The van der Waals surface area contributed by atoms with Crippen LogP contribution in [0, 0.1) is 0 Å². The van der Waals surface area contributed by atoms with Gasteiger partial charge >= 0.3 is 0 Å². The Kier molecular flexibility index (Phi) is 6.75. The van der Waals surface area contributed by atoms with Crippen LogP contribution in [-0.4, -0.2) is 30.5 Å². The molecule has 0 saturated carbocycles. The molecule has 0 atom stereocenters. The Morgan fingerprint density at radius 3 is 2.55 bits per heavy atom. The van der Waals surface area contributed by atoms with E-state index in [0.717, 1.165) is 54.7 Å². The summed E-state index contributed by atoms with van der Waals surface area (Å²) in [6.45, 7) is 9.70. The van der Waals surface area contributed by atoms with Crippen molar-refractivity contribution in [1.29, 1.82) is 0 Å². The van der Waals surface area contributed by atoms with Crippen LogP contribution in [0.2, 0.25) is 0 Å². The number of carbonyl (C=O) groups is 1. The third-order valence-corrected chi connectivity index (χ3v) is 6.28. The summed E-state index contributed by atoms with van der Waals surface area (Å²) in [5, 5.41) is 13.7. The molecule has 174 valence electrons. The number of rotatable bonds is 9. The molecule has 2 aromatic carbocycles. The highest BCUT2D eigenvalue weighted by Crippen LogP contribution is 2.39. The first-order chi connectivity index (χ1) is 16.0. The summed E-state index contributed by atoms with van der Waals surface area (Å²) in [6, 6.07) is 9.02. The van der Waals surface area contributed by atoms with E-state index in [9.17, 15) is 9.90 Å². The van der Waals surface area contributed by atoms with Crippen molar-refractivity contribution < 1.29 is 24.3 Å². The lowest BCUT2D eigenvalue weighted by atomic mass is 10.0. The van der Waals surface area contributed by atoms with E-state index in [-0.39, 0.29) is 17.3 Å². The molecule has 0 spiro atoms. The molecule has 3 aromatic rings. The van der Waals surface area contributed by atoms with Gasteiger partial charge in [-0.15, -0.1) is 0 Å². The van der Waals surface area contributed by atoms with Gasteiger partial charge in [-0.1, -0.05) is 25.7 Å². The molecule has 2 heterocycles. The number of nitrogens with one attached hydrogen (secondary N) is 1. The highest BCUT2D eigenvalue weighted by Gasteiger charge is 2.31. The van der Waals surface area contributed by atoms with Crippen LogP contribution in [0.1, 0.15) is 55.1 Å². The van der Waals surface area contributed by atoms with Gasteiger partial charge in [-0.25, -0.2) is 0 Å². The largest absolute Gasteiger partial charge is 0.872 e. The maximum Gasteiger partial charge on any atom is 0.231 e. The predicted octanol–water partition coefficient (Wildman–Crippen LogP) is 3.56. The minimum Gasteiger partial charge on any atom is -0.872 e. The molecule has 1 aromatic heterocycles. The summed E-state index contributed by atoms with van der Waals surface area (Å²) < 4.78 is 13.6. The van der Waals surface area contributed by atoms with Crippen molar-refractivity contribution in [3.05, 3.63) is 59.0 Å². The van der Waals surface area contributed by atoms with Gasteiger partial charge in [-0.05, 0) is 50.1 Å². The van der Waals surface area contributed by atoms with Crippen LogP contribution in [0.5, 0.6) is 17.2 Å². The number of carbonyl (C=O) groups excluding carboxylic acids is 1. The summed E-state index contributed by atoms with van der Waals surface area (Å²) in [4.78, 5) is 14.5. The van der Waals surface area contributed by atoms with Crippen molar-refractivity contribution in [3.8, 4) is 17.2 Å². The van der Waals surface area contributed by atoms with Gasteiger partial charge in [0.15, 0.2) is 5.76 Å². The van der Waals surface area contributed by atoms with Crippen molar-refractivity contribution in [2.24, 2.45) is 0 Å². The second kappa shape index (κ2) is 9.71. The fraction of sp³-hybridized carbons (Fsp3) is 0.370. The van der Waals surface area contributed by atoms with Gasteiger partial charge in [0.05, 0.1) is 25.8 Å². The van der Waals surface area contributed by atoms with Crippen LogP contribution < -0.4 is 19.5 Å². The molecule has 6 nitrogen and oxygen atoms in total. The molecule has 1 aliphatic rings. The number of nitrogens with zero attached hydrogens (tertiary/aromatic N) is 1. The van der Waals surface area contributed by atoms with E-state index < -0.39 is 0 Å². The first-order valence-corrected chi connectivity index (χ1v) is 11.8. The Balaban J connectivity index is 1.73. The summed E-state index contributed by atoms with van der Waals surface area (Å²) in [5.74, 6) is 1.19. The van der Waals surface area contributed by atoms with Crippen LogP contribution in [0.15, 0.2) is 42.3 Å². The van der Waals surface area contributed by atoms with Gasteiger partial charge in [-0.2, -0.15) is 0 Å². The van der Waals surface area contributed by atoms with Crippen molar-refractivity contribution in [3.63, 3.8) is 0 Å². The smallest absolute Gasteiger partial charge is 0.231 e. The molecule has 1 N–H and O–H groups in total. The van der Waals surface area contributed by atoms with Crippen molar-refractivity contribution >= 4 is 22.8 Å². The Hall–Kier alpha value is -3.25. The number of ether oxygens (including phenoxy) is 2. The van der Waals surface area contributed by atoms with Gasteiger partial charge in [0, 0.05) is 34.8 Å². The summed E-state index contributed by atoms with van der Waals surface area (Å²) in [5.41, 5.74) is 3.02. The number of fused-ring (bicyclic) bond motifs is 2. The molecule has 0 saturated heterocycles. The van der Waals surface area contributed by atoms with Crippen LogP contribution in [0.25, 0.3) is 17.0 Å². The maximum absolute atomic E-state index is 13.2. The van der Waals surface area contributed by atoms with Gasteiger partial charge in [0.1, 0.15) is 18.0 Å². The third kappa shape index (κ3) is 4.35. The molecular weight excluding hydrogens is 416 g/mol. The molecule has 0 bridgehead atoms. The molecule has 0 aliphatic carbocycles. The highest BCUT2D eigenvalue weighted by molar-refractivity contribution is 6.15.